The number of amides is 1. The van der Waals surface area contributed by atoms with Gasteiger partial charge in [-0.25, -0.2) is 4.39 Å². The summed E-state index contributed by atoms with van der Waals surface area (Å²) in [5.74, 6) is -0.116. The van der Waals surface area contributed by atoms with E-state index in [1.165, 1.54) is 30.3 Å². The molecule has 0 saturated carbocycles. The number of benzene rings is 2. The number of nitro groups is 1. The molecule has 0 aliphatic carbocycles. The molecule has 1 heterocycles. The maximum Gasteiger partial charge on any atom is 0.273 e. The van der Waals surface area contributed by atoms with Gasteiger partial charge in [0, 0.05) is 37.8 Å². The Hall–Kier alpha value is -3.00. The van der Waals surface area contributed by atoms with Crippen LogP contribution in [0.25, 0.3) is 0 Å². The molecule has 0 radical (unpaired) electrons. The lowest BCUT2D eigenvalue weighted by Crippen LogP contribution is -2.58. The van der Waals surface area contributed by atoms with E-state index in [9.17, 15) is 19.3 Å². The quantitative estimate of drug-likeness (QED) is 0.549. The fraction of sp³-hybridized carbons (Fsp3) is 0.381. The largest absolute Gasteiger partial charge is 0.484 e. The number of ether oxygens (including phenoxy) is 1. The van der Waals surface area contributed by atoms with E-state index in [1.807, 2.05) is 6.92 Å². The average Bonchev–Trinajstić information content (AvgIpc) is 2.70. The fourth-order valence-electron chi connectivity index (χ4n) is 3.51. The third-order valence-corrected chi connectivity index (χ3v) is 5.13. The zero-order valence-corrected chi connectivity index (χ0v) is 16.5. The average molecular weight is 401 g/mol. The van der Waals surface area contributed by atoms with E-state index < -0.39 is 4.92 Å². The highest BCUT2D eigenvalue weighted by atomic mass is 19.1. The van der Waals surface area contributed by atoms with E-state index in [0.29, 0.717) is 25.4 Å². The molecule has 0 bridgehead atoms. The van der Waals surface area contributed by atoms with Gasteiger partial charge in [0.05, 0.1) is 11.0 Å². The van der Waals surface area contributed by atoms with Crippen molar-refractivity contribution in [3.05, 3.63) is 70.0 Å². The molecule has 2 aromatic carbocycles. The molecule has 29 heavy (non-hydrogen) atoms. The first kappa shape index (κ1) is 20.7. The molecule has 0 spiro atoms. The minimum atomic E-state index is -0.501. The van der Waals surface area contributed by atoms with Crippen molar-refractivity contribution in [2.75, 3.05) is 19.7 Å². The van der Waals surface area contributed by atoms with Gasteiger partial charge in [0.15, 0.2) is 6.61 Å². The van der Waals surface area contributed by atoms with Crippen molar-refractivity contribution >= 4 is 11.6 Å². The van der Waals surface area contributed by atoms with Crippen LogP contribution in [0.4, 0.5) is 10.1 Å². The molecule has 1 fully saturated rings. The van der Waals surface area contributed by atoms with E-state index in [4.69, 9.17) is 4.74 Å². The first-order valence-corrected chi connectivity index (χ1v) is 9.48. The van der Waals surface area contributed by atoms with Gasteiger partial charge in [0.1, 0.15) is 11.6 Å². The van der Waals surface area contributed by atoms with E-state index in [1.54, 1.807) is 23.1 Å². The lowest BCUT2D eigenvalue weighted by atomic mass is 10.1. The number of carbonyl (C=O) groups is 1. The van der Waals surface area contributed by atoms with Crippen LogP contribution < -0.4 is 4.74 Å². The van der Waals surface area contributed by atoms with Gasteiger partial charge in [-0.15, -0.1) is 0 Å². The van der Waals surface area contributed by atoms with Gasteiger partial charge in [-0.2, -0.15) is 0 Å². The molecule has 1 aliphatic rings. The summed E-state index contributed by atoms with van der Waals surface area (Å²) in [7, 11) is 0. The standard InChI is InChI=1S/C21H24FN3O4/c1-15-12-24(16(2)11-23(15)13-17-6-8-18(22)9-7-17)21(26)14-29-20-5-3-4-19(10-20)25(27)28/h3-10,15-16H,11-14H2,1-2H3. The van der Waals surface area contributed by atoms with Gasteiger partial charge >= 0.3 is 0 Å². The first-order chi connectivity index (χ1) is 13.8. The molecule has 0 aromatic heterocycles. The summed E-state index contributed by atoms with van der Waals surface area (Å²) in [6.07, 6.45) is 0. The van der Waals surface area contributed by atoms with Gasteiger partial charge in [0.2, 0.25) is 0 Å². The van der Waals surface area contributed by atoms with Crippen molar-refractivity contribution in [2.45, 2.75) is 32.5 Å². The minimum Gasteiger partial charge on any atom is -0.484 e. The van der Waals surface area contributed by atoms with Crippen molar-refractivity contribution < 1.29 is 18.8 Å². The summed E-state index contributed by atoms with van der Waals surface area (Å²) in [5, 5.41) is 10.8. The predicted octanol–water partition coefficient (Wildman–Crippen LogP) is 3.23. The number of hydrogen-bond donors (Lipinski definition) is 0. The molecule has 0 N–H and O–H groups in total. The minimum absolute atomic E-state index is 0.00661. The van der Waals surface area contributed by atoms with Crippen molar-refractivity contribution in [1.29, 1.82) is 0 Å². The second-order valence-electron chi connectivity index (χ2n) is 7.34. The van der Waals surface area contributed by atoms with E-state index >= 15 is 0 Å². The Morgan fingerprint density at radius 3 is 2.59 bits per heavy atom. The maximum atomic E-state index is 13.1. The maximum absolute atomic E-state index is 13.1. The Morgan fingerprint density at radius 1 is 1.17 bits per heavy atom. The van der Waals surface area contributed by atoms with Crippen LogP contribution in [0.5, 0.6) is 5.75 Å². The highest BCUT2D eigenvalue weighted by Gasteiger charge is 2.32. The monoisotopic (exact) mass is 401 g/mol. The van der Waals surface area contributed by atoms with Crippen LogP contribution >= 0.6 is 0 Å². The van der Waals surface area contributed by atoms with Crippen LogP contribution in [-0.4, -0.2) is 52.4 Å². The molecule has 154 valence electrons. The zero-order valence-electron chi connectivity index (χ0n) is 16.5. The Labute approximate surface area is 168 Å². The number of hydrogen-bond acceptors (Lipinski definition) is 5. The molecule has 1 saturated heterocycles. The van der Waals surface area contributed by atoms with E-state index in [2.05, 4.69) is 11.8 Å². The van der Waals surface area contributed by atoms with Gasteiger partial charge in [-0.1, -0.05) is 18.2 Å². The van der Waals surface area contributed by atoms with Crippen LogP contribution in [0.15, 0.2) is 48.5 Å². The molecular formula is C21H24FN3O4. The van der Waals surface area contributed by atoms with Gasteiger partial charge in [0.25, 0.3) is 11.6 Å². The lowest BCUT2D eigenvalue weighted by Gasteiger charge is -2.44. The van der Waals surface area contributed by atoms with E-state index in [-0.39, 0.29) is 36.1 Å². The van der Waals surface area contributed by atoms with Crippen LogP contribution in [0.2, 0.25) is 0 Å². The van der Waals surface area contributed by atoms with Crippen LogP contribution in [0.1, 0.15) is 19.4 Å². The summed E-state index contributed by atoms with van der Waals surface area (Å²) in [4.78, 5) is 27.0. The Balaban J connectivity index is 1.56. The molecular weight excluding hydrogens is 377 g/mol. The smallest absolute Gasteiger partial charge is 0.273 e. The molecule has 1 amide bonds. The summed E-state index contributed by atoms with van der Waals surface area (Å²) in [6, 6.07) is 12.4. The van der Waals surface area contributed by atoms with Crippen LogP contribution in [-0.2, 0) is 11.3 Å². The lowest BCUT2D eigenvalue weighted by molar-refractivity contribution is -0.384. The summed E-state index contributed by atoms with van der Waals surface area (Å²) >= 11 is 0. The van der Waals surface area contributed by atoms with Crippen LogP contribution in [0.3, 0.4) is 0 Å². The number of non-ortho nitro benzene ring substituents is 1. The SMILES string of the molecule is CC1CN(C(=O)COc2cccc([N+](=O)[O-])c2)C(C)CN1Cc1ccc(F)cc1. The predicted molar refractivity (Wildman–Crippen MR) is 106 cm³/mol. The number of rotatable bonds is 6. The molecule has 2 atom stereocenters. The molecule has 1 aliphatic heterocycles. The highest BCUT2D eigenvalue weighted by Crippen LogP contribution is 2.21. The van der Waals surface area contributed by atoms with Crippen molar-refractivity contribution in [3.8, 4) is 5.75 Å². The van der Waals surface area contributed by atoms with Crippen molar-refractivity contribution in [2.24, 2.45) is 0 Å². The third-order valence-electron chi connectivity index (χ3n) is 5.13. The number of nitrogens with zero attached hydrogens (tertiary/aromatic N) is 3. The normalized spacial score (nSPS) is 19.8. The van der Waals surface area contributed by atoms with Gasteiger partial charge < -0.3 is 9.64 Å². The number of nitro benzene ring substituents is 1. The third kappa shape index (κ3) is 5.29. The highest BCUT2D eigenvalue weighted by molar-refractivity contribution is 5.78. The van der Waals surface area contributed by atoms with Gasteiger partial charge in [-0.05, 0) is 37.6 Å². The zero-order chi connectivity index (χ0) is 21.0. The van der Waals surface area contributed by atoms with E-state index in [0.717, 1.165) is 5.56 Å². The summed E-state index contributed by atoms with van der Waals surface area (Å²) < 4.78 is 18.6. The summed E-state index contributed by atoms with van der Waals surface area (Å²) in [6.45, 7) is 5.81. The van der Waals surface area contributed by atoms with Crippen molar-refractivity contribution in [1.82, 2.24) is 9.80 Å². The molecule has 2 aromatic rings. The molecule has 7 nitrogen and oxygen atoms in total. The molecule has 3 rings (SSSR count). The number of piperazine rings is 1. The molecule has 2 unspecified atom stereocenters. The Bertz CT molecular complexity index is 874. The Kier molecular flexibility index (Phi) is 6.43. The summed E-state index contributed by atoms with van der Waals surface area (Å²) in [5.41, 5.74) is 0.950. The van der Waals surface area contributed by atoms with Crippen molar-refractivity contribution in [3.63, 3.8) is 0 Å². The second kappa shape index (κ2) is 9.00. The first-order valence-electron chi connectivity index (χ1n) is 9.48. The number of halogens is 1. The second-order valence-corrected chi connectivity index (χ2v) is 7.34. The topological polar surface area (TPSA) is 75.9 Å². The molecule has 8 heteroatoms. The van der Waals surface area contributed by atoms with Gasteiger partial charge in [-0.3, -0.25) is 19.8 Å². The Morgan fingerprint density at radius 2 is 1.90 bits per heavy atom. The fourth-order valence-corrected chi connectivity index (χ4v) is 3.51. The number of carbonyl (C=O) groups excluding carboxylic acids is 1. The van der Waals surface area contributed by atoms with Crippen LogP contribution in [0, 0.1) is 15.9 Å².